The van der Waals surface area contributed by atoms with Crippen LogP contribution in [0.2, 0.25) is 0 Å². The number of alkyl halides is 1. The minimum absolute atomic E-state index is 0.0253. The average Bonchev–Trinajstić information content (AvgIpc) is 3.36. The van der Waals surface area contributed by atoms with Gasteiger partial charge in [-0.05, 0) is 49.6 Å². The fourth-order valence-electron chi connectivity index (χ4n) is 2.88. The van der Waals surface area contributed by atoms with E-state index in [1.807, 2.05) is 0 Å². The molecule has 3 rings (SSSR count). The Hall–Kier alpha value is -2.34. The summed E-state index contributed by atoms with van der Waals surface area (Å²) < 4.78 is 18.5. The van der Waals surface area contributed by atoms with Crippen LogP contribution in [0.1, 0.15) is 31.1 Å². The molecule has 0 spiro atoms. The van der Waals surface area contributed by atoms with Crippen LogP contribution >= 0.6 is 11.6 Å². The molecule has 7 heteroatoms. The summed E-state index contributed by atoms with van der Waals surface area (Å²) in [5.74, 6) is -0.120. The maximum absolute atomic E-state index is 13.2. The lowest BCUT2D eigenvalue weighted by atomic mass is 10.2. The number of amides is 2. The molecule has 1 aromatic carbocycles. The summed E-state index contributed by atoms with van der Waals surface area (Å²) >= 11 is 5.95. The van der Waals surface area contributed by atoms with Gasteiger partial charge in [-0.1, -0.05) is 12.1 Å². The minimum atomic E-state index is -0.672. The summed E-state index contributed by atoms with van der Waals surface area (Å²) in [6.07, 6.45) is 3.32. The third kappa shape index (κ3) is 5.32. The number of halogens is 2. The van der Waals surface area contributed by atoms with E-state index in [0.29, 0.717) is 12.3 Å². The first-order valence-electron chi connectivity index (χ1n) is 8.93. The number of furan rings is 1. The van der Waals surface area contributed by atoms with Crippen LogP contribution < -0.4 is 0 Å². The van der Waals surface area contributed by atoms with Gasteiger partial charge in [0.15, 0.2) is 0 Å². The number of carbonyl (C=O) groups is 2. The highest BCUT2D eigenvalue weighted by atomic mass is 35.5. The van der Waals surface area contributed by atoms with Gasteiger partial charge in [0.1, 0.15) is 23.5 Å². The second-order valence-corrected chi connectivity index (χ2v) is 7.42. The zero-order valence-electron chi connectivity index (χ0n) is 15.1. The van der Waals surface area contributed by atoms with Crippen molar-refractivity contribution in [3.8, 4) is 0 Å². The quantitative estimate of drug-likeness (QED) is 0.645. The second-order valence-electron chi connectivity index (χ2n) is 6.77. The SMILES string of the molecule is C[C@H](Cl)C(=O)N(CC(=O)N(Cc1ccc(F)cc1)Cc1ccco1)C1CC1. The average molecular weight is 393 g/mol. The van der Waals surface area contributed by atoms with Crippen molar-refractivity contribution in [3.05, 3.63) is 59.8 Å². The molecule has 1 heterocycles. The molecule has 144 valence electrons. The summed E-state index contributed by atoms with van der Waals surface area (Å²) in [5.41, 5.74) is 0.798. The summed E-state index contributed by atoms with van der Waals surface area (Å²) in [4.78, 5) is 28.5. The maximum Gasteiger partial charge on any atom is 0.242 e. The Bertz CT molecular complexity index is 773. The Morgan fingerprint density at radius 1 is 1.22 bits per heavy atom. The van der Waals surface area contributed by atoms with Crippen molar-refractivity contribution in [2.24, 2.45) is 0 Å². The van der Waals surface area contributed by atoms with Crippen LogP contribution in [-0.2, 0) is 22.7 Å². The lowest BCUT2D eigenvalue weighted by Crippen LogP contribution is -2.45. The van der Waals surface area contributed by atoms with Crippen LogP contribution in [0.25, 0.3) is 0 Å². The molecule has 5 nitrogen and oxygen atoms in total. The molecule has 1 fully saturated rings. The molecular weight excluding hydrogens is 371 g/mol. The molecule has 1 aromatic heterocycles. The molecule has 1 atom stereocenters. The van der Waals surface area contributed by atoms with Crippen molar-refractivity contribution in [1.29, 1.82) is 0 Å². The number of rotatable bonds is 8. The van der Waals surface area contributed by atoms with Crippen molar-refractivity contribution in [2.75, 3.05) is 6.54 Å². The molecule has 0 radical (unpaired) electrons. The fraction of sp³-hybridized carbons (Fsp3) is 0.400. The first kappa shape index (κ1) is 19.4. The predicted octanol–water partition coefficient (Wildman–Crippen LogP) is 3.57. The van der Waals surface area contributed by atoms with Crippen molar-refractivity contribution in [1.82, 2.24) is 9.80 Å². The molecule has 0 aliphatic heterocycles. The monoisotopic (exact) mass is 392 g/mol. The van der Waals surface area contributed by atoms with Crippen molar-refractivity contribution >= 4 is 23.4 Å². The highest BCUT2D eigenvalue weighted by Gasteiger charge is 2.36. The van der Waals surface area contributed by atoms with Gasteiger partial charge in [0.05, 0.1) is 12.8 Å². The number of hydrogen-bond donors (Lipinski definition) is 0. The van der Waals surface area contributed by atoms with Gasteiger partial charge in [-0.25, -0.2) is 4.39 Å². The number of hydrogen-bond acceptors (Lipinski definition) is 3. The summed E-state index contributed by atoms with van der Waals surface area (Å²) in [6.45, 7) is 2.15. The van der Waals surface area contributed by atoms with E-state index in [1.54, 1.807) is 47.3 Å². The van der Waals surface area contributed by atoms with Crippen LogP contribution in [0.4, 0.5) is 4.39 Å². The minimum Gasteiger partial charge on any atom is -0.467 e. The van der Waals surface area contributed by atoms with E-state index in [-0.39, 0.29) is 36.8 Å². The Morgan fingerprint density at radius 2 is 1.93 bits per heavy atom. The zero-order valence-corrected chi connectivity index (χ0v) is 15.9. The van der Waals surface area contributed by atoms with Gasteiger partial charge in [0, 0.05) is 12.6 Å². The standard InChI is InChI=1S/C20H22ClFN2O3/c1-14(21)20(26)24(17-8-9-17)13-19(25)23(12-18-3-2-10-27-18)11-15-4-6-16(22)7-5-15/h2-7,10,14,17H,8-9,11-13H2,1H3/t14-/m0/s1. The van der Waals surface area contributed by atoms with Gasteiger partial charge in [-0.15, -0.1) is 11.6 Å². The van der Waals surface area contributed by atoms with Gasteiger partial charge in [-0.2, -0.15) is 0 Å². The lowest BCUT2D eigenvalue weighted by molar-refractivity contribution is -0.141. The lowest BCUT2D eigenvalue weighted by Gasteiger charge is -2.28. The summed E-state index contributed by atoms with van der Waals surface area (Å²) in [6, 6.07) is 9.63. The van der Waals surface area contributed by atoms with E-state index >= 15 is 0 Å². The molecule has 1 saturated carbocycles. The molecule has 27 heavy (non-hydrogen) atoms. The highest BCUT2D eigenvalue weighted by Crippen LogP contribution is 2.28. The number of benzene rings is 1. The van der Waals surface area contributed by atoms with Gasteiger partial charge < -0.3 is 14.2 Å². The second kappa shape index (κ2) is 8.57. The van der Waals surface area contributed by atoms with Crippen LogP contribution in [0.3, 0.4) is 0 Å². The van der Waals surface area contributed by atoms with E-state index < -0.39 is 5.38 Å². The van der Waals surface area contributed by atoms with Gasteiger partial charge in [0.25, 0.3) is 0 Å². The first-order chi connectivity index (χ1) is 12.9. The van der Waals surface area contributed by atoms with Gasteiger partial charge in [0.2, 0.25) is 11.8 Å². The summed E-state index contributed by atoms with van der Waals surface area (Å²) in [5, 5.41) is -0.672. The topological polar surface area (TPSA) is 53.8 Å². The van der Waals surface area contributed by atoms with E-state index in [0.717, 1.165) is 18.4 Å². The Morgan fingerprint density at radius 3 is 2.48 bits per heavy atom. The Labute approximate surface area is 162 Å². The molecule has 0 N–H and O–H groups in total. The van der Waals surface area contributed by atoms with Crippen molar-refractivity contribution < 1.29 is 18.4 Å². The molecule has 2 amide bonds. The predicted molar refractivity (Wildman–Crippen MR) is 99.4 cm³/mol. The highest BCUT2D eigenvalue weighted by molar-refractivity contribution is 6.30. The van der Waals surface area contributed by atoms with E-state index in [9.17, 15) is 14.0 Å². The number of carbonyl (C=O) groups excluding carboxylic acids is 2. The Kier molecular flexibility index (Phi) is 6.16. The Balaban J connectivity index is 1.74. The van der Waals surface area contributed by atoms with Crippen molar-refractivity contribution in [3.63, 3.8) is 0 Å². The van der Waals surface area contributed by atoms with E-state index in [4.69, 9.17) is 16.0 Å². The van der Waals surface area contributed by atoms with Crippen molar-refractivity contribution in [2.45, 2.75) is 44.3 Å². The van der Waals surface area contributed by atoms with Gasteiger partial charge in [-0.3, -0.25) is 9.59 Å². The first-order valence-corrected chi connectivity index (χ1v) is 9.37. The van der Waals surface area contributed by atoms with E-state index in [1.165, 1.54) is 12.1 Å². The van der Waals surface area contributed by atoms with Crippen LogP contribution in [-0.4, -0.2) is 39.6 Å². The third-order valence-corrected chi connectivity index (χ3v) is 4.67. The third-order valence-electron chi connectivity index (χ3n) is 4.48. The summed E-state index contributed by atoms with van der Waals surface area (Å²) in [7, 11) is 0. The normalized spacial score (nSPS) is 14.6. The van der Waals surface area contributed by atoms with Crippen LogP contribution in [0.15, 0.2) is 47.1 Å². The molecular formula is C20H22ClFN2O3. The molecule has 2 aromatic rings. The smallest absolute Gasteiger partial charge is 0.242 e. The van der Waals surface area contributed by atoms with Crippen LogP contribution in [0.5, 0.6) is 0 Å². The molecule has 0 saturated heterocycles. The largest absolute Gasteiger partial charge is 0.467 e. The zero-order chi connectivity index (χ0) is 19.4. The molecule has 1 aliphatic carbocycles. The van der Waals surface area contributed by atoms with Crippen LogP contribution in [0, 0.1) is 5.82 Å². The molecule has 1 aliphatic rings. The molecule has 0 bridgehead atoms. The van der Waals surface area contributed by atoms with Gasteiger partial charge >= 0.3 is 0 Å². The fourth-order valence-corrected chi connectivity index (χ4v) is 3.01. The van der Waals surface area contributed by atoms with E-state index in [2.05, 4.69) is 0 Å². The number of nitrogens with zero attached hydrogens (tertiary/aromatic N) is 2. The maximum atomic E-state index is 13.2. The molecule has 0 unspecified atom stereocenters.